The number of amides is 1. The van der Waals surface area contributed by atoms with Crippen LogP contribution in [0.1, 0.15) is 38.3 Å². The lowest BCUT2D eigenvalue weighted by Crippen LogP contribution is -2.31. The molecule has 32 heavy (non-hydrogen) atoms. The van der Waals surface area contributed by atoms with E-state index in [1.54, 1.807) is 12.1 Å². The van der Waals surface area contributed by atoms with E-state index in [0.717, 1.165) is 15.8 Å². The van der Waals surface area contributed by atoms with Gasteiger partial charge in [-0.05, 0) is 61.7 Å². The van der Waals surface area contributed by atoms with Gasteiger partial charge in [-0.2, -0.15) is 20.1 Å². The summed E-state index contributed by atoms with van der Waals surface area (Å²) in [5.74, 6) is -0.713. The van der Waals surface area contributed by atoms with Crippen molar-refractivity contribution in [3.63, 3.8) is 0 Å². The molecule has 160 valence electrons. The van der Waals surface area contributed by atoms with Crippen LogP contribution in [0.2, 0.25) is 0 Å². The molecule has 1 N–H and O–H groups in total. The molecular weight excluding hydrogens is 412 g/mol. The molecule has 1 aromatic heterocycles. The summed E-state index contributed by atoms with van der Waals surface area (Å²) in [4.78, 5) is 35.6. The smallest absolute Gasteiger partial charge is 0.266 e. The number of nitro groups is 1. The number of hydrogen-bond donors (Lipinski definition) is 1. The average Bonchev–Trinajstić information content (AvgIpc) is 2.76. The number of aromatic nitrogens is 2. The Morgan fingerprint density at radius 2 is 1.88 bits per heavy atom. The second kappa shape index (κ2) is 9.01. The summed E-state index contributed by atoms with van der Waals surface area (Å²) in [6.45, 7) is 5.27. The molecule has 0 radical (unpaired) electrons. The highest BCUT2D eigenvalue weighted by Gasteiger charge is 2.20. The van der Waals surface area contributed by atoms with E-state index >= 15 is 0 Å². The molecule has 1 amide bonds. The van der Waals surface area contributed by atoms with Gasteiger partial charge < -0.3 is 0 Å². The number of carbonyl (C=O) groups excluding carboxylic acids is 1. The number of aryl methyl sites for hydroxylation is 2. The first-order valence-electron chi connectivity index (χ1n) is 9.42. The minimum Gasteiger partial charge on any atom is -0.266 e. The molecule has 0 atom stereocenters. The molecular formula is C22H18N6O4. The summed E-state index contributed by atoms with van der Waals surface area (Å²) in [6.07, 6.45) is 1.31. The topological polar surface area (TPSA) is 143 Å². The number of carbonyl (C=O) groups is 1. The first kappa shape index (κ1) is 22.0. The number of benzene rings is 2. The Morgan fingerprint density at radius 1 is 1.19 bits per heavy atom. The number of rotatable bonds is 5. The number of nitrogens with one attached hydrogen (secondary N) is 1. The summed E-state index contributed by atoms with van der Waals surface area (Å²) in [6, 6.07) is 12.7. The van der Waals surface area contributed by atoms with Crippen LogP contribution in [-0.2, 0) is 0 Å². The number of nitro benzene ring substituents is 1. The third-order valence-corrected chi connectivity index (χ3v) is 4.88. The molecule has 0 spiro atoms. The van der Waals surface area contributed by atoms with Crippen LogP contribution in [0.15, 0.2) is 52.4 Å². The van der Waals surface area contributed by atoms with Gasteiger partial charge in [-0.15, -0.1) is 0 Å². The maximum Gasteiger partial charge on any atom is 0.292 e. The molecule has 10 nitrogen and oxygen atoms in total. The molecule has 3 aromatic rings. The van der Waals surface area contributed by atoms with Gasteiger partial charge in [0.05, 0.1) is 16.8 Å². The molecule has 10 heteroatoms. The monoisotopic (exact) mass is 430 g/mol. The second-order valence-electron chi connectivity index (χ2n) is 6.99. The molecule has 0 aliphatic rings. The van der Waals surface area contributed by atoms with Crippen LogP contribution in [0.3, 0.4) is 0 Å². The van der Waals surface area contributed by atoms with Gasteiger partial charge in [-0.3, -0.25) is 19.7 Å². The Labute approximate surface area is 182 Å². The van der Waals surface area contributed by atoms with E-state index in [0.29, 0.717) is 11.3 Å². The Morgan fingerprint density at radius 3 is 2.47 bits per heavy atom. The van der Waals surface area contributed by atoms with Crippen LogP contribution >= 0.6 is 0 Å². The summed E-state index contributed by atoms with van der Waals surface area (Å²) < 4.78 is 1.02. The van der Waals surface area contributed by atoms with E-state index in [2.05, 4.69) is 15.6 Å². The maximum absolute atomic E-state index is 12.7. The van der Waals surface area contributed by atoms with Gasteiger partial charge in [-0.1, -0.05) is 6.07 Å². The van der Waals surface area contributed by atoms with Crippen LogP contribution in [-0.4, -0.2) is 26.8 Å². The van der Waals surface area contributed by atoms with Crippen molar-refractivity contribution in [3.05, 3.63) is 96.4 Å². The van der Waals surface area contributed by atoms with E-state index < -0.39 is 16.4 Å². The lowest BCUT2D eigenvalue weighted by molar-refractivity contribution is -0.384. The zero-order valence-corrected chi connectivity index (χ0v) is 17.5. The minimum absolute atomic E-state index is 0.0661. The van der Waals surface area contributed by atoms with Gasteiger partial charge >= 0.3 is 0 Å². The first-order valence-corrected chi connectivity index (χ1v) is 9.42. The summed E-state index contributed by atoms with van der Waals surface area (Å²) in [7, 11) is 0. The molecule has 0 aliphatic heterocycles. The fraction of sp³-hybridized carbons (Fsp3) is 0.136. The molecule has 0 fully saturated rings. The molecule has 1 heterocycles. The molecule has 0 unspecified atom stereocenters. The summed E-state index contributed by atoms with van der Waals surface area (Å²) in [5, 5.41) is 28.2. The van der Waals surface area contributed by atoms with Gasteiger partial charge in [0.25, 0.3) is 17.2 Å². The van der Waals surface area contributed by atoms with E-state index in [9.17, 15) is 25.0 Å². The van der Waals surface area contributed by atoms with Gasteiger partial charge in [0.15, 0.2) is 5.69 Å². The van der Waals surface area contributed by atoms with E-state index in [-0.39, 0.29) is 22.5 Å². The fourth-order valence-corrected chi connectivity index (χ4v) is 2.89. The molecule has 0 saturated heterocycles. The number of nitrogens with zero attached hydrogens (tertiary/aromatic N) is 5. The molecule has 0 bridgehead atoms. The van der Waals surface area contributed by atoms with Crippen LogP contribution < -0.4 is 11.0 Å². The van der Waals surface area contributed by atoms with Crippen molar-refractivity contribution in [2.75, 3.05) is 0 Å². The van der Waals surface area contributed by atoms with Gasteiger partial charge in [0, 0.05) is 17.7 Å². The number of hydrazone groups is 1. The normalized spacial score (nSPS) is 10.7. The van der Waals surface area contributed by atoms with Gasteiger partial charge in [0.1, 0.15) is 11.6 Å². The van der Waals surface area contributed by atoms with E-state index in [1.807, 2.05) is 26.0 Å². The third kappa shape index (κ3) is 4.41. The predicted molar refractivity (Wildman–Crippen MR) is 117 cm³/mol. The molecule has 2 aromatic carbocycles. The Bertz CT molecular complexity index is 1350. The average molecular weight is 430 g/mol. The Kier molecular flexibility index (Phi) is 6.21. The summed E-state index contributed by atoms with van der Waals surface area (Å²) in [5.41, 5.74) is 4.34. The van der Waals surface area contributed by atoms with Crippen molar-refractivity contribution in [2.24, 2.45) is 5.10 Å². The van der Waals surface area contributed by atoms with E-state index in [1.165, 1.54) is 37.4 Å². The predicted octanol–water partition coefficient (Wildman–Crippen LogP) is 2.70. The number of nitriles is 1. The Balaban J connectivity index is 1.93. The first-order chi connectivity index (χ1) is 15.2. The standard InChI is InChI=1S/C22H18N6O4/c1-13-4-7-18(10-14(13)2)27-22(30)19(11-23)15(3)20(26-27)21(29)25-24-12-16-5-8-17(9-6-16)28(31)32/h4-10,12H,1-3H3,(H,25,29)/b24-12+. The van der Waals surface area contributed by atoms with Crippen molar-refractivity contribution in [1.29, 1.82) is 5.26 Å². The van der Waals surface area contributed by atoms with Crippen LogP contribution in [0.4, 0.5) is 5.69 Å². The van der Waals surface area contributed by atoms with Crippen molar-refractivity contribution < 1.29 is 9.72 Å². The van der Waals surface area contributed by atoms with Crippen molar-refractivity contribution in [3.8, 4) is 11.8 Å². The van der Waals surface area contributed by atoms with Crippen molar-refractivity contribution in [1.82, 2.24) is 15.2 Å². The second-order valence-corrected chi connectivity index (χ2v) is 6.99. The zero-order valence-electron chi connectivity index (χ0n) is 17.5. The summed E-state index contributed by atoms with van der Waals surface area (Å²) >= 11 is 0. The van der Waals surface area contributed by atoms with E-state index in [4.69, 9.17) is 0 Å². The molecule has 0 saturated carbocycles. The SMILES string of the molecule is Cc1ccc(-n2nc(C(=O)N/N=C/c3ccc([N+](=O)[O-])cc3)c(C)c(C#N)c2=O)cc1C. The largest absolute Gasteiger partial charge is 0.292 e. The maximum atomic E-state index is 12.7. The molecule has 0 aliphatic carbocycles. The van der Waals surface area contributed by atoms with Gasteiger partial charge in [-0.25, -0.2) is 5.43 Å². The van der Waals surface area contributed by atoms with Crippen molar-refractivity contribution >= 4 is 17.8 Å². The zero-order chi connectivity index (χ0) is 23.4. The van der Waals surface area contributed by atoms with Gasteiger partial charge in [0.2, 0.25) is 0 Å². The minimum atomic E-state index is -0.713. The van der Waals surface area contributed by atoms with Crippen LogP contribution in [0.5, 0.6) is 0 Å². The highest BCUT2D eigenvalue weighted by Crippen LogP contribution is 2.14. The Hall–Kier alpha value is -4.65. The molecule has 3 rings (SSSR count). The highest BCUT2D eigenvalue weighted by molar-refractivity contribution is 5.94. The lowest BCUT2D eigenvalue weighted by atomic mass is 10.1. The number of non-ortho nitro benzene ring substituents is 1. The van der Waals surface area contributed by atoms with Crippen LogP contribution in [0.25, 0.3) is 5.69 Å². The highest BCUT2D eigenvalue weighted by atomic mass is 16.6. The quantitative estimate of drug-likeness (QED) is 0.374. The van der Waals surface area contributed by atoms with Crippen molar-refractivity contribution in [2.45, 2.75) is 20.8 Å². The number of hydrogen-bond acceptors (Lipinski definition) is 7. The van der Waals surface area contributed by atoms with Crippen LogP contribution in [0, 0.1) is 42.2 Å². The lowest BCUT2D eigenvalue weighted by Gasteiger charge is -2.11. The third-order valence-electron chi connectivity index (χ3n) is 4.88. The fourth-order valence-electron chi connectivity index (χ4n) is 2.89.